The van der Waals surface area contributed by atoms with Gasteiger partial charge in [-0.15, -0.1) is 0 Å². The zero-order chi connectivity index (χ0) is 75.9. The Morgan fingerprint density at radius 1 is 0.125 bits per heavy atom. The van der Waals surface area contributed by atoms with Crippen molar-refractivity contribution in [3.63, 3.8) is 0 Å². The van der Waals surface area contributed by atoms with E-state index in [9.17, 15) is 0 Å². The van der Waals surface area contributed by atoms with E-state index in [1.807, 2.05) is 100 Å². The summed E-state index contributed by atoms with van der Waals surface area (Å²) in [6, 6.07) is 127. The Kier molecular flexibility index (Phi) is 41.4. The molecule has 0 saturated carbocycles. The normalized spacial score (nSPS) is 9.92. The van der Waals surface area contributed by atoms with E-state index in [2.05, 4.69) is 395 Å². The van der Waals surface area contributed by atoms with E-state index in [0.717, 1.165) is 29.6 Å². The Morgan fingerprint density at radius 3 is 0.423 bits per heavy atom. The third-order valence-electron chi connectivity index (χ3n) is 14.3. The lowest BCUT2D eigenvalue weighted by Crippen LogP contribution is -1.82. The van der Waals surface area contributed by atoms with Crippen LogP contribution in [0.4, 0.5) is 0 Å². The molecule has 0 atom stereocenters. The highest BCUT2D eigenvalue weighted by Gasteiger charge is 2.06. The molecule has 0 N–H and O–H groups in total. The number of hydrogen-bond donors (Lipinski definition) is 0. The first kappa shape index (κ1) is 86.0. The SMILES string of the molecule is CC.CC.CC(C)C.CC(C)C.CC(C)C.CC(C)C.CC(C)C.c1cc2ccc3cccc4ccc(c1)c2c34.c1ccc2c(c1)ccc1ccccc12.c1ccc2cc3ccccc3cc2c1.c1ccc2cc3ccccc3cc2c1.c1ccc2ccccc2c1.c1ccccc1.c1ccccc1. The Morgan fingerprint density at radius 2 is 0.250 bits per heavy atom. The molecule has 538 valence electrons. The summed E-state index contributed by atoms with van der Waals surface area (Å²) in [6.07, 6.45) is 0. The monoisotopic (exact) mass is 1370 g/mol. The first-order valence-corrected chi connectivity index (χ1v) is 38.1. The van der Waals surface area contributed by atoms with Gasteiger partial charge in [0.25, 0.3) is 0 Å². The maximum Gasteiger partial charge on any atom is -0.00268 e. The fourth-order valence-electron chi connectivity index (χ4n) is 10.3. The van der Waals surface area contributed by atoms with Gasteiger partial charge in [-0.05, 0) is 162 Å². The third kappa shape index (κ3) is 32.3. The Balaban J connectivity index is 0.000000248. The van der Waals surface area contributed by atoms with Gasteiger partial charge in [-0.2, -0.15) is 0 Å². The molecule has 17 aromatic rings. The molecule has 0 heteroatoms. The molecule has 0 saturated heterocycles. The molecule has 0 unspecified atom stereocenters. The minimum absolute atomic E-state index is 0.833. The van der Waals surface area contributed by atoms with E-state index in [1.54, 1.807) is 0 Å². The van der Waals surface area contributed by atoms with Gasteiger partial charge in [-0.1, -0.05) is 471 Å². The summed E-state index contributed by atoms with van der Waals surface area (Å²) >= 11 is 0. The fourth-order valence-corrected chi connectivity index (χ4v) is 10.3. The molecule has 0 heterocycles. The van der Waals surface area contributed by atoms with Gasteiger partial charge >= 0.3 is 0 Å². The molecule has 0 spiro atoms. The van der Waals surface area contributed by atoms with Crippen molar-refractivity contribution in [2.45, 2.75) is 132 Å². The topological polar surface area (TPSA) is 0 Å². The molecule has 104 heavy (non-hydrogen) atoms. The van der Waals surface area contributed by atoms with Crippen LogP contribution in [0.3, 0.4) is 0 Å². The largest absolute Gasteiger partial charge is 0.0683 e. The molecule has 0 aromatic heterocycles. The van der Waals surface area contributed by atoms with Crippen LogP contribution in [0.5, 0.6) is 0 Å². The Bertz CT molecular complexity index is 4270. The van der Waals surface area contributed by atoms with Gasteiger partial charge in [0.05, 0.1) is 0 Å². The van der Waals surface area contributed by atoms with Gasteiger partial charge < -0.3 is 0 Å². The number of rotatable bonds is 0. The van der Waals surface area contributed by atoms with Crippen molar-refractivity contribution in [2.75, 3.05) is 0 Å². The molecular weight excluding hydrogens is 1250 g/mol. The van der Waals surface area contributed by atoms with Gasteiger partial charge in [-0.3, -0.25) is 0 Å². The molecule has 0 aliphatic carbocycles. The first-order valence-electron chi connectivity index (χ1n) is 38.1. The number of hydrogen-bond acceptors (Lipinski definition) is 0. The maximum atomic E-state index is 2.24. The minimum Gasteiger partial charge on any atom is -0.0683 e. The maximum absolute atomic E-state index is 2.24. The molecule has 0 fully saturated rings. The minimum atomic E-state index is 0.833. The fraction of sp³-hybridized carbons (Fsp3) is 0.231. The molecular formula is C104H122. The van der Waals surface area contributed by atoms with Crippen LogP contribution < -0.4 is 0 Å². The smallest absolute Gasteiger partial charge is 0.00268 e. The zero-order valence-electron chi connectivity index (χ0n) is 66.5. The van der Waals surface area contributed by atoms with Crippen molar-refractivity contribution >= 4 is 108 Å². The summed E-state index contributed by atoms with van der Waals surface area (Å²) in [5.41, 5.74) is 0. The molecule has 17 aromatic carbocycles. The molecule has 0 aliphatic heterocycles. The van der Waals surface area contributed by atoms with E-state index >= 15 is 0 Å². The second-order valence-corrected chi connectivity index (χ2v) is 28.2. The number of fused-ring (bicyclic) bond motifs is 8. The van der Waals surface area contributed by atoms with Gasteiger partial charge in [-0.25, -0.2) is 0 Å². The van der Waals surface area contributed by atoms with Gasteiger partial charge in [0.2, 0.25) is 0 Å². The van der Waals surface area contributed by atoms with Crippen LogP contribution in [0.25, 0.3) is 108 Å². The molecule has 17 rings (SSSR count). The summed E-state index contributed by atoms with van der Waals surface area (Å²) in [6.45, 7) is 40.5. The van der Waals surface area contributed by atoms with Crippen molar-refractivity contribution < 1.29 is 0 Å². The summed E-state index contributed by atoms with van der Waals surface area (Å²) in [7, 11) is 0. The zero-order valence-corrected chi connectivity index (χ0v) is 66.5. The summed E-state index contributed by atoms with van der Waals surface area (Å²) in [5.74, 6) is 4.17. The molecule has 0 nitrogen and oxygen atoms in total. The third-order valence-corrected chi connectivity index (χ3v) is 14.3. The van der Waals surface area contributed by atoms with E-state index in [4.69, 9.17) is 0 Å². The predicted octanol–water partition coefficient (Wildman–Crippen LogP) is 33.1. The van der Waals surface area contributed by atoms with E-state index < -0.39 is 0 Å². The highest BCUT2D eigenvalue weighted by Crippen LogP contribution is 2.34. The van der Waals surface area contributed by atoms with Crippen molar-refractivity contribution in [2.24, 2.45) is 29.6 Å². The van der Waals surface area contributed by atoms with Crippen molar-refractivity contribution in [1.29, 1.82) is 0 Å². The molecule has 0 bridgehead atoms. The van der Waals surface area contributed by atoms with Crippen LogP contribution >= 0.6 is 0 Å². The van der Waals surface area contributed by atoms with E-state index in [1.165, 1.54) is 108 Å². The van der Waals surface area contributed by atoms with Gasteiger partial charge in [0.1, 0.15) is 0 Å². The summed E-state index contributed by atoms with van der Waals surface area (Å²) in [5, 5.41) is 26.6. The van der Waals surface area contributed by atoms with E-state index in [-0.39, 0.29) is 0 Å². The lowest BCUT2D eigenvalue weighted by Gasteiger charge is -2.09. The van der Waals surface area contributed by atoms with Crippen molar-refractivity contribution in [1.82, 2.24) is 0 Å². The van der Waals surface area contributed by atoms with Gasteiger partial charge in [0, 0.05) is 0 Å². The van der Waals surface area contributed by atoms with E-state index in [0.29, 0.717) is 0 Å². The average molecular weight is 1370 g/mol. The summed E-state index contributed by atoms with van der Waals surface area (Å²) < 4.78 is 0. The van der Waals surface area contributed by atoms with Crippen LogP contribution in [-0.4, -0.2) is 0 Å². The Labute approximate surface area is 628 Å². The molecule has 0 radical (unpaired) electrons. The lowest BCUT2D eigenvalue weighted by molar-refractivity contribution is 0.736. The van der Waals surface area contributed by atoms with Crippen LogP contribution in [0.1, 0.15) is 132 Å². The second-order valence-electron chi connectivity index (χ2n) is 28.2. The highest BCUT2D eigenvalue weighted by molar-refractivity contribution is 6.23. The van der Waals surface area contributed by atoms with Crippen LogP contribution in [-0.2, 0) is 0 Å². The molecule has 0 amide bonds. The first-order chi connectivity index (χ1) is 50.4. The average Bonchev–Trinajstić information content (AvgIpc) is 0.753. The van der Waals surface area contributed by atoms with Crippen LogP contribution in [0.2, 0.25) is 0 Å². The second kappa shape index (κ2) is 50.0. The van der Waals surface area contributed by atoms with Gasteiger partial charge in [0.15, 0.2) is 0 Å². The standard InChI is InChI=1S/C16H10.3C14H10.C10H8.2C6H6.5C4H10.2C2H6/c1-3-11-7-9-13-5-2-6-14-10-8-12(4-1)15(11)16(13)14;1-3-7-13-11(5-1)9-10-12-6-2-4-8-14(12)13;2*1-2-6-12-10-14-8-4-3-7-13(14)9-11(12)5-1;1-2-6-10-8-4-3-7-9(10)5-1;2*1-2-4-6-5-3-1;5*1-4(2)3;2*1-2/h1-10H;3*1-10H;1-8H;2*1-6H;5*4H,1-3H3;2*1-2H3. The number of benzene rings is 17. The highest BCUT2D eigenvalue weighted by atomic mass is 14.1. The van der Waals surface area contributed by atoms with Crippen LogP contribution in [0, 0.1) is 29.6 Å². The predicted molar refractivity (Wildman–Crippen MR) is 477 cm³/mol. The Hall–Kier alpha value is -10.4. The van der Waals surface area contributed by atoms with Crippen molar-refractivity contribution in [3.05, 3.63) is 364 Å². The quantitative estimate of drug-likeness (QED) is 0.105. The lowest BCUT2D eigenvalue weighted by atomic mass is 9.95. The van der Waals surface area contributed by atoms with Crippen molar-refractivity contribution in [3.8, 4) is 0 Å². The summed E-state index contributed by atoms with van der Waals surface area (Å²) in [4.78, 5) is 0. The van der Waals surface area contributed by atoms with Crippen LogP contribution in [0.15, 0.2) is 364 Å². The molecule has 0 aliphatic rings.